The van der Waals surface area contributed by atoms with Crippen LogP contribution in [0, 0.1) is 11.6 Å². The standard InChI is InChI=1S/C16H15F2NO2/c1-19-9-7-13(14(18)15(19)20)16(8-2-10-21-16)11-3-5-12(17)6-4-11/h3-7,9H,2,8,10H2,1H3. The largest absolute Gasteiger partial charge is 0.365 e. The first kappa shape index (κ1) is 13.9. The molecule has 5 heteroatoms. The van der Waals surface area contributed by atoms with Gasteiger partial charge in [-0.25, -0.2) is 8.78 Å². The average molecular weight is 291 g/mol. The van der Waals surface area contributed by atoms with Crippen molar-refractivity contribution in [2.24, 2.45) is 7.05 Å². The summed E-state index contributed by atoms with van der Waals surface area (Å²) in [6.45, 7) is 0.478. The maximum atomic E-state index is 14.4. The molecular formula is C16H15F2NO2. The Morgan fingerprint density at radius 1 is 1.19 bits per heavy atom. The second-order valence-corrected chi connectivity index (χ2v) is 5.25. The van der Waals surface area contributed by atoms with Crippen molar-refractivity contribution in [3.63, 3.8) is 0 Å². The lowest BCUT2D eigenvalue weighted by atomic mass is 9.84. The molecule has 1 saturated heterocycles. The minimum absolute atomic E-state index is 0.217. The zero-order chi connectivity index (χ0) is 15.0. The first-order valence-electron chi connectivity index (χ1n) is 6.80. The molecule has 1 fully saturated rings. The molecule has 0 saturated carbocycles. The van der Waals surface area contributed by atoms with E-state index in [0.717, 1.165) is 6.42 Å². The van der Waals surface area contributed by atoms with Crippen LogP contribution in [0.15, 0.2) is 41.3 Å². The predicted octanol–water partition coefficient (Wildman–Crippen LogP) is 2.72. The van der Waals surface area contributed by atoms with Gasteiger partial charge < -0.3 is 9.30 Å². The van der Waals surface area contributed by atoms with Crippen molar-refractivity contribution in [1.82, 2.24) is 4.57 Å². The Balaban J connectivity index is 2.21. The SMILES string of the molecule is Cn1ccc(C2(c3ccc(F)cc3)CCCO2)c(F)c1=O. The number of ether oxygens (including phenoxy) is 1. The summed E-state index contributed by atoms with van der Waals surface area (Å²) in [5.41, 5.74) is -0.821. The van der Waals surface area contributed by atoms with Crippen molar-refractivity contribution < 1.29 is 13.5 Å². The number of hydrogen-bond donors (Lipinski definition) is 0. The number of hydrogen-bond acceptors (Lipinski definition) is 2. The van der Waals surface area contributed by atoms with Crippen LogP contribution < -0.4 is 5.56 Å². The normalized spacial score (nSPS) is 21.7. The fraction of sp³-hybridized carbons (Fsp3) is 0.312. The molecule has 3 rings (SSSR count). The average Bonchev–Trinajstić information content (AvgIpc) is 2.96. The highest BCUT2D eigenvalue weighted by Gasteiger charge is 2.41. The van der Waals surface area contributed by atoms with Crippen LogP contribution >= 0.6 is 0 Å². The molecule has 0 aliphatic carbocycles. The van der Waals surface area contributed by atoms with Crippen LogP contribution in [0.1, 0.15) is 24.0 Å². The predicted molar refractivity (Wildman–Crippen MR) is 74.0 cm³/mol. The lowest BCUT2D eigenvalue weighted by molar-refractivity contribution is 0.0326. The molecule has 0 amide bonds. The van der Waals surface area contributed by atoms with Gasteiger partial charge in [-0.1, -0.05) is 12.1 Å². The molecule has 1 unspecified atom stereocenters. The Morgan fingerprint density at radius 2 is 1.90 bits per heavy atom. The van der Waals surface area contributed by atoms with E-state index in [-0.39, 0.29) is 11.4 Å². The Morgan fingerprint density at radius 3 is 2.52 bits per heavy atom. The quantitative estimate of drug-likeness (QED) is 0.852. The molecule has 0 radical (unpaired) electrons. The van der Waals surface area contributed by atoms with Gasteiger partial charge in [-0.15, -0.1) is 0 Å². The van der Waals surface area contributed by atoms with E-state index < -0.39 is 17.0 Å². The van der Waals surface area contributed by atoms with Crippen LogP contribution in [0.3, 0.4) is 0 Å². The molecule has 2 heterocycles. The zero-order valence-corrected chi connectivity index (χ0v) is 11.6. The van der Waals surface area contributed by atoms with E-state index in [9.17, 15) is 13.6 Å². The molecule has 0 spiro atoms. The lowest BCUT2D eigenvalue weighted by Gasteiger charge is -2.30. The minimum atomic E-state index is -1.01. The van der Waals surface area contributed by atoms with Gasteiger partial charge in [-0.2, -0.15) is 0 Å². The summed E-state index contributed by atoms with van der Waals surface area (Å²) in [7, 11) is 1.50. The molecule has 2 aromatic rings. The third-order valence-corrected chi connectivity index (χ3v) is 3.98. The number of benzene rings is 1. The Bertz CT molecular complexity index is 716. The van der Waals surface area contributed by atoms with E-state index in [1.807, 2.05) is 0 Å². The summed E-state index contributed by atoms with van der Waals surface area (Å²) in [6.07, 6.45) is 2.84. The maximum Gasteiger partial charge on any atom is 0.286 e. The molecule has 1 aromatic heterocycles. The van der Waals surface area contributed by atoms with E-state index in [1.54, 1.807) is 18.2 Å². The van der Waals surface area contributed by atoms with Crippen molar-refractivity contribution in [3.05, 3.63) is 69.6 Å². The molecule has 1 aromatic carbocycles. The monoisotopic (exact) mass is 291 g/mol. The van der Waals surface area contributed by atoms with Gasteiger partial charge >= 0.3 is 0 Å². The second-order valence-electron chi connectivity index (χ2n) is 5.25. The highest BCUT2D eigenvalue weighted by atomic mass is 19.1. The Kier molecular flexibility index (Phi) is 3.37. The maximum absolute atomic E-state index is 14.4. The fourth-order valence-electron chi connectivity index (χ4n) is 2.86. The van der Waals surface area contributed by atoms with Crippen molar-refractivity contribution in [2.45, 2.75) is 18.4 Å². The van der Waals surface area contributed by atoms with Gasteiger partial charge in [0.05, 0.1) is 0 Å². The molecule has 110 valence electrons. The number of rotatable bonds is 2. The van der Waals surface area contributed by atoms with Crippen molar-refractivity contribution in [2.75, 3.05) is 6.61 Å². The van der Waals surface area contributed by atoms with Gasteiger partial charge in [-0.05, 0) is 36.6 Å². The number of nitrogens with zero attached hydrogens (tertiary/aromatic N) is 1. The molecule has 1 aliphatic rings. The highest BCUT2D eigenvalue weighted by Crippen LogP contribution is 2.42. The minimum Gasteiger partial charge on any atom is -0.365 e. The number of aryl methyl sites for hydroxylation is 1. The zero-order valence-electron chi connectivity index (χ0n) is 11.6. The smallest absolute Gasteiger partial charge is 0.286 e. The number of halogens is 2. The lowest BCUT2D eigenvalue weighted by Crippen LogP contribution is -2.32. The second kappa shape index (κ2) is 5.07. The van der Waals surface area contributed by atoms with Gasteiger partial charge in [0.15, 0.2) is 5.82 Å². The Hall–Kier alpha value is -2.01. The van der Waals surface area contributed by atoms with Crippen LogP contribution in [0.5, 0.6) is 0 Å². The van der Waals surface area contributed by atoms with E-state index in [1.165, 1.54) is 29.9 Å². The first-order valence-corrected chi connectivity index (χ1v) is 6.80. The van der Waals surface area contributed by atoms with E-state index in [4.69, 9.17) is 4.74 Å². The number of aromatic nitrogens is 1. The van der Waals surface area contributed by atoms with Gasteiger partial charge in [-0.3, -0.25) is 4.79 Å². The molecule has 1 aliphatic heterocycles. The van der Waals surface area contributed by atoms with Crippen LogP contribution in [0.25, 0.3) is 0 Å². The molecular weight excluding hydrogens is 276 g/mol. The topological polar surface area (TPSA) is 31.2 Å². The van der Waals surface area contributed by atoms with Gasteiger partial charge in [0.25, 0.3) is 5.56 Å². The summed E-state index contributed by atoms with van der Waals surface area (Å²) in [4.78, 5) is 11.8. The third-order valence-electron chi connectivity index (χ3n) is 3.98. The summed E-state index contributed by atoms with van der Waals surface area (Å²) >= 11 is 0. The van der Waals surface area contributed by atoms with Gasteiger partial charge in [0, 0.05) is 25.4 Å². The molecule has 1 atom stereocenters. The van der Waals surface area contributed by atoms with Gasteiger partial charge in [0.2, 0.25) is 0 Å². The van der Waals surface area contributed by atoms with Crippen molar-refractivity contribution in [1.29, 1.82) is 0 Å². The summed E-state index contributed by atoms with van der Waals surface area (Å²) in [6, 6.07) is 7.36. The van der Waals surface area contributed by atoms with Crippen LogP contribution in [-0.2, 0) is 17.4 Å². The molecule has 21 heavy (non-hydrogen) atoms. The van der Waals surface area contributed by atoms with E-state index in [2.05, 4.69) is 0 Å². The third kappa shape index (κ3) is 2.17. The van der Waals surface area contributed by atoms with Crippen molar-refractivity contribution in [3.8, 4) is 0 Å². The van der Waals surface area contributed by atoms with Crippen LogP contribution in [-0.4, -0.2) is 11.2 Å². The summed E-state index contributed by atoms with van der Waals surface area (Å²) in [5.74, 6) is -1.18. The van der Waals surface area contributed by atoms with E-state index >= 15 is 0 Å². The Labute approximate surface area is 120 Å². The number of pyridine rings is 1. The van der Waals surface area contributed by atoms with E-state index in [0.29, 0.717) is 18.6 Å². The van der Waals surface area contributed by atoms with Crippen LogP contribution in [0.2, 0.25) is 0 Å². The first-order chi connectivity index (χ1) is 10.0. The fourth-order valence-corrected chi connectivity index (χ4v) is 2.86. The van der Waals surface area contributed by atoms with Gasteiger partial charge in [0.1, 0.15) is 11.4 Å². The molecule has 0 N–H and O–H groups in total. The molecule has 0 bridgehead atoms. The summed E-state index contributed by atoms with van der Waals surface area (Å²) in [5, 5.41) is 0. The molecule has 3 nitrogen and oxygen atoms in total. The highest BCUT2D eigenvalue weighted by molar-refractivity contribution is 5.37. The van der Waals surface area contributed by atoms with Crippen LogP contribution in [0.4, 0.5) is 8.78 Å². The van der Waals surface area contributed by atoms with Crippen molar-refractivity contribution >= 4 is 0 Å². The summed E-state index contributed by atoms with van der Waals surface area (Å²) < 4.78 is 34.6.